The number of aromatic nitrogens is 2. The third-order valence-corrected chi connectivity index (χ3v) is 5.28. The molecule has 1 saturated heterocycles. The summed E-state index contributed by atoms with van der Waals surface area (Å²) in [6.45, 7) is 6.83. The van der Waals surface area contributed by atoms with Gasteiger partial charge < -0.3 is 15.0 Å². The zero-order valence-electron chi connectivity index (χ0n) is 15.9. The van der Waals surface area contributed by atoms with Crippen molar-refractivity contribution in [1.29, 1.82) is 0 Å². The molecule has 2 N–H and O–H groups in total. The Balaban J connectivity index is 1.44. The van der Waals surface area contributed by atoms with Crippen LogP contribution in [0.2, 0.25) is 0 Å². The Morgan fingerprint density at radius 2 is 2.11 bits per heavy atom. The second-order valence-electron chi connectivity index (χ2n) is 7.81. The number of hydrogen-bond donors (Lipinski definition) is 2. The van der Waals surface area contributed by atoms with E-state index in [0.29, 0.717) is 25.3 Å². The minimum Gasteiger partial charge on any atom is -0.444 e. The molecule has 8 heteroatoms. The van der Waals surface area contributed by atoms with E-state index < -0.39 is 5.60 Å². The fourth-order valence-electron chi connectivity index (χ4n) is 3.05. The summed E-state index contributed by atoms with van der Waals surface area (Å²) < 4.78 is 5.40. The van der Waals surface area contributed by atoms with E-state index in [9.17, 15) is 9.59 Å². The quantitative estimate of drug-likeness (QED) is 0.822. The maximum absolute atomic E-state index is 12.3. The van der Waals surface area contributed by atoms with Crippen LogP contribution < -0.4 is 5.32 Å². The van der Waals surface area contributed by atoms with Gasteiger partial charge in [-0.25, -0.2) is 4.79 Å². The Bertz CT molecular complexity index is 771. The molecule has 0 saturated carbocycles. The number of rotatable bonds is 4. The van der Waals surface area contributed by atoms with Crippen molar-refractivity contribution in [1.82, 2.24) is 15.1 Å². The van der Waals surface area contributed by atoms with Crippen molar-refractivity contribution in [3.8, 4) is 10.6 Å². The van der Waals surface area contributed by atoms with Gasteiger partial charge in [0.15, 0.2) is 5.82 Å². The zero-order valence-corrected chi connectivity index (χ0v) is 16.8. The lowest BCUT2D eigenvalue weighted by Crippen LogP contribution is -2.42. The van der Waals surface area contributed by atoms with Crippen molar-refractivity contribution >= 4 is 29.2 Å². The summed E-state index contributed by atoms with van der Waals surface area (Å²) in [7, 11) is 0. The van der Waals surface area contributed by atoms with Crippen molar-refractivity contribution in [2.75, 3.05) is 18.4 Å². The van der Waals surface area contributed by atoms with Crippen LogP contribution in [-0.4, -0.2) is 45.8 Å². The van der Waals surface area contributed by atoms with Crippen LogP contribution in [0.4, 0.5) is 10.6 Å². The van der Waals surface area contributed by atoms with Gasteiger partial charge >= 0.3 is 6.09 Å². The third kappa shape index (κ3) is 5.56. The molecule has 2 amide bonds. The first-order chi connectivity index (χ1) is 12.8. The first kappa shape index (κ1) is 19.4. The molecule has 0 spiro atoms. The molecular formula is C19H26N4O3S. The fourth-order valence-corrected chi connectivity index (χ4v) is 3.74. The van der Waals surface area contributed by atoms with E-state index in [1.165, 1.54) is 0 Å². The number of nitrogens with zero attached hydrogens (tertiary/aromatic N) is 2. The van der Waals surface area contributed by atoms with Crippen LogP contribution in [0.5, 0.6) is 0 Å². The Kier molecular flexibility index (Phi) is 5.84. The fraction of sp³-hybridized carbons (Fsp3) is 0.526. The minimum atomic E-state index is -0.487. The topological polar surface area (TPSA) is 87.3 Å². The average molecular weight is 391 g/mol. The molecule has 0 aromatic carbocycles. The van der Waals surface area contributed by atoms with Gasteiger partial charge in [0, 0.05) is 25.6 Å². The van der Waals surface area contributed by atoms with Crippen molar-refractivity contribution in [2.45, 2.75) is 45.6 Å². The summed E-state index contributed by atoms with van der Waals surface area (Å²) in [5.41, 5.74) is 0.408. The number of piperidine rings is 1. The van der Waals surface area contributed by atoms with Crippen LogP contribution in [0.3, 0.4) is 0 Å². The highest BCUT2D eigenvalue weighted by atomic mass is 32.1. The highest BCUT2D eigenvalue weighted by molar-refractivity contribution is 7.13. The summed E-state index contributed by atoms with van der Waals surface area (Å²) in [6, 6.07) is 5.82. The number of carbonyl (C=O) groups is 2. The van der Waals surface area contributed by atoms with E-state index in [1.54, 1.807) is 16.2 Å². The number of nitrogens with one attached hydrogen (secondary N) is 2. The van der Waals surface area contributed by atoms with E-state index in [2.05, 4.69) is 15.5 Å². The summed E-state index contributed by atoms with van der Waals surface area (Å²) in [6.07, 6.45) is 1.76. The van der Waals surface area contributed by atoms with Gasteiger partial charge in [-0.1, -0.05) is 6.07 Å². The highest BCUT2D eigenvalue weighted by Gasteiger charge is 2.27. The second kappa shape index (κ2) is 8.12. The van der Waals surface area contributed by atoms with Crippen molar-refractivity contribution < 1.29 is 14.3 Å². The predicted molar refractivity (Wildman–Crippen MR) is 106 cm³/mol. The van der Waals surface area contributed by atoms with Crippen LogP contribution in [0, 0.1) is 5.92 Å². The molecule has 3 rings (SSSR count). The molecule has 3 heterocycles. The van der Waals surface area contributed by atoms with Crippen molar-refractivity contribution in [2.24, 2.45) is 5.92 Å². The molecular weight excluding hydrogens is 364 g/mol. The van der Waals surface area contributed by atoms with Crippen molar-refractivity contribution in [3.05, 3.63) is 23.6 Å². The zero-order chi connectivity index (χ0) is 19.4. The highest BCUT2D eigenvalue weighted by Crippen LogP contribution is 2.25. The van der Waals surface area contributed by atoms with Gasteiger partial charge in [-0.15, -0.1) is 11.3 Å². The minimum absolute atomic E-state index is 0.0463. The van der Waals surface area contributed by atoms with Gasteiger partial charge in [-0.2, -0.15) is 5.10 Å². The largest absolute Gasteiger partial charge is 0.444 e. The van der Waals surface area contributed by atoms with Crippen LogP contribution in [0.25, 0.3) is 10.6 Å². The monoisotopic (exact) mass is 390 g/mol. The Morgan fingerprint density at radius 1 is 1.37 bits per heavy atom. The molecule has 1 fully saturated rings. The number of H-pyrrole nitrogens is 1. The molecule has 0 aliphatic carbocycles. The molecule has 0 bridgehead atoms. The summed E-state index contributed by atoms with van der Waals surface area (Å²) in [5, 5.41) is 11.9. The van der Waals surface area contributed by atoms with Crippen LogP contribution in [0.1, 0.15) is 40.0 Å². The Labute approximate surface area is 163 Å². The van der Waals surface area contributed by atoms with Gasteiger partial charge in [-0.05, 0) is 51.0 Å². The number of amides is 2. The van der Waals surface area contributed by atoms with Gasteiger partial charge in [0.05, 0.1) is 10.6 Å². The van der Waals surface area contributed by atoms with E-state index in [4.69, 9.17) is 4.74 Å². The number of anilines is 1. The van der Waals surface area contributed by atoms with Gasteiger partial charge in [0.25, 0.3) is 0 Å². The predicted octanol–water partition coefficient (Wildman–Crippen LogP) is 4.11. The van der Waals surface area contributed by atoms with E-state index in [-0.39, 0.29) is 17.9 Å². The molecule has 1 aliphatic rings. The standard InChI is InChI=1S/C19H26N4O3S/c1-19(2,3)26-18(25)23-8-6-13(7-9-23)11-17(24)20-16-12-14(21-22-16)15-5-4-10-27-15/h4-5,10,12-13H,6-9,11H2,1-3H3,(H2,20,21,22,24). The second-order valence-corrected chi connectivity index (χ2v) is 8.75. The number of ether oxygens (including phenoxy) is 1. The Morgan fingerprint density at radius 3 is 2.74 bits per heavy atom. The number of thiophene rings is 1. The van der Waals surface area contributed by atoms with Gasteiger partial charge in [0.2, 0.25) is 5.91 Å². The lowest BCUT2D eigenvalue weighted by molar-refractivity contribution is -0.117. The molecule has 27 heavy (non-hydrogen) atoms. The first-order valence-electron chi connectivity index (χ1n) is 9.17. The molecule has 146 valence electrons. The molecule has 1 aliphatic heterocycles. The SMILES string of the molecule is CC(C)(C)OC(=O)N1CCC(CC(=O)Nc2cc(-c3cccs3)[nH]n2)CC1. The van der Waals surface area contributed by atoms with Gasteiger partial charge in [-0.3, -0.25) is 9.89 Å². The maximum atomic E-state index is 12.3. The molecule has 0 radical (unpaired) electrons. The first-order valence-corrected chi connectivity index (χ1v) is 10.1. The lowest BCUT2D eigenvalue weighted by Gasteiger charge is -2.33. The average Bonchev–Trinajstić information content (AvgIpc) is 3.25. The molecule has 7 nitrogen and oxygen atoms in total. The molecule has 2 aromatic rings. The number of hydrogen-bond acceptors (Lipinski definition) is 5. The third-order valence-electron chi connectivity index (χ3n) is 4.37. The normalized spacial score (nSPS) is 15.6. The lowest BCUT2D eigenvalue weighted by atomic mass is 9.93. The number of aromatic amines is 1. The molecule has 0 atom stereocenters. The van der Waals surface area contributed by atoms with E-state index >= 15 is 0 Å². The van der Waals surface area contributed by atoms with Gasteiger partial charge in [0.1, 0.15) is 5.60 Å². The maximum Gasteiger partial charge on any atom is 0.410 e. The number of likely N-dealkylation sites (tertiary alicyclic amines) is 1. The van der Waals surface area contributed by atoms with Crippen LogP contribution in [-0.2, 0) is 9.53 Å². The van der Waals surface area contributed by atoms with E-state index in [0.717, 1.165) is 23.4 Å². The van der Waals surface area contributed by atoms with Crippen LogP contribution >= 0.6 is 11.3 Å². The summed E-state index contributed by atoms with van der Waals surface area (Å²) >= 11 is 1.62. The Hall–Kier alpha value is -2.35. The summed E-state index contributed by atoms with van der Waals surface area (Å²) in [5.74, 6) is 0.754. The smallest absolute Gasteiger partial charge is 0.410 e. The van der Waals surface area contributed by atoms with E-state index in [1.807, 2.05) is 44.4 Å². The summed E-state index contributed by atoms with van der Waals surface area (Å²) in [4.78, 5) is 27.2. The molecule has 2 aromatic heterocycles. The molecule has 0 unspecified atom stereocenters. The number of carbonyl (C=O) groups excluding carboxylic acids is 2. The van der Waals surface area contributed by atoms with Crippen LogP contribution in [0.15, 0.2) is 23.6 Å². The van der Waals surface area contributed by atoms with Crippen molar-refractivity contribution in [3.63, 3.8) is 0 Å².